The van der Waals surface area contributed by atoms with E-state index in [-0.39, 0.29) is 32.2 Å². The van der Waals surface area contributed by atoms with Gasteiger partial charge in [0.2, 0.25) is 18.1 Å². The fraction of sp³-hybridized carbons (Fsp3) is 0.462. The third kappa shape index (κ3) is 6.40. The van der Waals surface area contributed by atoms with Crippen LogP contribution in [0.15, 0.2) is 42.5 Å². The minimum absolute atomic E-state index is 0.0151. The van der Waals surface area contributed by atoms with E-state index in [0.717, 1.165) is 0 Å². The number of hydrogen-bond acceptors (Lipinski definition) is 7. The van der Waals surface area contributed by atoms with Crippen LogP contribution in [0.2, 0.25) is 10.0 Å². The second-order valence-electron chi connectivity index (χ2n) is 9.44. The van der Waals surface area contributed by atoms with Crippen LogP contribution < -0.4 is 15.1 Å². The number of halogens is 2. The Balaban J connectivity index is 1.41. The van der Waals surface area contributed by atoms with Gasteiger partial charge in [0, 0.05) is 42.7 Å². The minimum Gasteiger partial charge on any atom is -0.627 e. The molecule has 2 saturated heterocycles. The van der Waals surface area contributed by atoms with Gasteiger partial charge in [-0.3, -0.25) is 9.59 Å². The van der Waals surface area contributed by atoms with E-state index >= 15 is 0 Å². The normalized spacial score (nSPS) is 22.8. The van der Waals surface area contributed by atoms with Crippen molar-refractivity contribution in [2.24, 2.45) is 5.73 Å². The summed E-state index contributed by atoms with van der Waals surface area (Å²) < 4.78 is 17.9. The Morgan fingerprint density at radius 1 is 1.26 bits per heavy atom. The van der Waals surface area contributed by atoms with Gasteiger partial charge in [-0.1, -0.05) is 29.3 Å². The van der Waals surface area contributed by atoms with Crippen molar-refractivity contribution in [1.29, 1.82) is 0 Å². The van der Waals surface area contributed by atoms with E-state index in [1.807, 2.05) is 0 Å². The summed E-state index contributed by atoms with van der Waals surface area (Å²) in [5.74, 6) is -0.749. The zero-order chi connectivity index (χ0) is 27.3. The number of quaternary nitrogens is 1. The number of hydrogen-bond donors (Lipinski definition) is 1. The lowest BCUT2D eigenvalue weighted by Crippen LogP contribution is -2.57. The van der Waals surface area contributed by atoms with Crippen LogP contribution in [0.5, 0.6) is 5.75 Å². The summed E-state index contributed by atoms with van der Waals surface area (Å²) in [4.78, 5) is 26.4. The molecule has 10 nitrogen and oxygen atoms in total. The number of hydroxylamine groups is 2. The second kappa shape index (κ2) is 12.2. The molecule has 0 saturated carbocycles. The maximum atomic E-state index is 13.3. The predicted octanol–water partition coefficient (Wildman–Crippen LogP) is 2.72. The molecule has 0 aromatic heterocycles. The monoisotopic (exact) mass is 566 g/mol. The molecule has 0 unspecified atom stereocenters. The van der Waals surface area contributed by atoms with Crippen molar-refractivity contribution < 1.29 is 23.8 Å². The van der Waals surface area contributed by atoms with Gasteiger partial charge in [0.1, 0.15) is 37.2 Å². The van der Waals surface area contributed by atoms with Gasteiger partial charge in [-0.25, -0.2) is 0 Å². The smallest absolute Gasteiger partial charge is 0.219 e. The first-order chi connectivity index (χ1) is 18.2. The lowest BCUT2D eigenvalue weighted by molar-refractivity contribution is -0.191. The van der Waals surface area contributed by atoms with Crippen LogP contribution in [-0.2, 0) is 24.8 Å². The molecule has 2 aromatic rings. The molecule has 2 N–H and O–H groups in total. The molecule has 4 rings (SSSR count). The number of ether oxygens (including phenoxy) is 3. The van der Waals surface area contributed by atoms with E-state index in [1.165, 1.54) is 11.8 Å². The standard InChI is InChI=1S/C26H32Cl2N4O6/c1-19(34)31-10-12-32(35,13-11-31)21-3-5-22(6-4-21)36-15-23-16-37-26(38-23,17-30(18-33)9-8-29)24-7-2-20(27)14-25(24)28/h2-7,14,18,23H,8-13,15-17,29H2,1H3/t23-,26-/m1/s1. The number of piperazine rings is 1. The number of benzene rings is 2. The molecule has 2 heterocycles. The molecule has 2 aromatic carbocycles. The first kappa shape index (κ1) is 28.6. The topological polar surface area (TPSA) is 117 Å². The Morgan fingerprint density at radius 3 is 2.58 bits per heavy atom. The largest absolute Gasteiger partial charge is 0.627 e. The number of carbonyl (C=O) groups excluding carboxylic acids is 2. The van der Waals surface area contributed by atoms with Crippen LogP contribution in [0.3, 0.4) is 0 Å². The molecule has 0 spiro atoms. The lowest BCUT2D eigenvalue weighted by Gasteiger charge is -2.47. The number of nitrogens with zero attached hydrogens (tertiary/aromatic N) is 3. The Morgan fingerprint density at radius 2 is 1.97 bits per heavy atom. The van der Waals surface area contributed by atoms with Crippen molar-refractivity contribution >= 4 is 41.2 Å². The summed E-state index contributed by atoms with van der Waals surface area (Å²) in [6.45, 7) is 4.08. The van der Waals surface area contributed by atoms with Gasteiger partial charge in [0.15, 0.2) is 0 Å². The van der Waals surface area contributed by atoms with Crippen molar-refractivity contribution in [2.75, 3.05) is 59.0 Å². The molecule has 0 bridgehead atoms. The minimum atomic E-state index is -1.31. The van der Waals surface area contributed by atoms with Crippen LogP contribution >= 0.6 is 23.2 Å². The highest BCUT2D eigenvalue weighted by molar-refractivity contribution is 6.35. The summed E-state index contributed by atoms with van der Waals surface area (Å²) >= 11 is 12.6. The van der Waals surface area contributed by atoms with Gasteiger partial charge in [-0.05, 0) is 24.3 Å². The highest BCUT2D eigenvalue weighted by Crippen LogP contribution is 2.40. The van der Waals surface area contributed by atoms with Crippen molar-refractivity contribution in [1.82, 2.24) is 14.4 Å². The third-order valence-electron chi connectivity index (χ3n) is 6.83. The van der Waals surface area contributed by atoms with E-state index in [0.29, 0.717) is 66.2 Å². The van der Waals surface area contributed by atoms with Crippen LogP contribution in [-0.4, -0.2) is 87.2 Å². The highest BCUT2D eigenvalue weighted by Gasteiger charge is 2.46. The van der Waals surface area contributed by atoms with E-state index in [4.69, 9.17) is 43.1 Å². The SMILES string of the molecule is CC(=O)N1CC[N+]([O-])(c2ccc(OC[C@@H]3CO[C@@](CN(C=O)CCN)(c4ccc(Cl)cc4Cl)O3)cc2)CC1. The average Bonchev–Trinajstić information content (AvgIpc) is 3.31. The Bertz CT molecular complexity index is 1130. The third-order valence-corrected chi connectivity index (χ3v) is 7.38. The fourth-order valence-electron chi connectivity index (χ4n) is 4.72. The van der Waals surface area contributed by atoms with Crippen LogP contribution in [0.1, 0.15) is 12.5 Å². The van der Waals surface area contributed by atoms with Gasteiger partial charge in [-0.15, -0.1) is 0 Å². The first-order valence-corrected chi connectivity index (χ1v) is 13.2. The molecular weight excluding hydrogens is 535 g/mol. The summed E-state index contributed by atoms with van der Waals surface area (Å²) in [5, 5.41) is 14.1. The predicted molar refractivity (Wildman–Crippen MR) is 145 cm³/mol. The first-order valence-electron chi connectivity index (χ1n) is 12.4. The summed E-state index contributed by atoms with van der Waals surface area (Å²) in [7, 11) is 0. The van der Waals surface area contributed by atoms with Crippen molar-refractivity contribution in [3.05, 3.63) is 63.3 Å². The highest BCUT2D eigenvalue weighted by atomic mass is 35.5. The maximum Gasteiger partial charge on any atom is 0.219 e. The average molecular weight is 567 g/mol. The Labute approximate surface area is 231 Å². The summed E-state index contributed by atoms with van der Waals surface area (Å²) in [6.07, 6.45) is 0.243. The molecule has 12 heteroatoms. The van der Waals surface area contributed by atoms with Crippen molar-refractivity contribution in [3.8, 4) is 5.75 Å². The zero-order valence-corrected chi connectivity index (χ0v) is 22.7. The number of amides is 2. The quantitative estimate of drug-likeness (QED) is 0.267. The molecule has 2 atom stereocenters. The van der Waals surface area contributed by atoms with Crippen LogP contribution in [0.4, 0.5) is 5.69 Å². The molecule has 38 heavy (non-hydrogen) atoms. The zero-order valence-electron chi connectivity index (χ0n) is 21.2. The summed E-state index contributed by atoms with van der Waals surface area (Å²) in [5.41, 5.74) is 6.82. The van der Waals surface area contributed by atoms with E-state index in [1.54, 1.807) is 47.4 Å². The van der Waals surface area contributed by atoms with Gasteiger partial charge in [0.25, 0.3) is 0 Å². The molecule has 0 aliphatic carbocycles. The molecule has 2 fully saturated rings. The van der Waals surface area contributed by atoms with Crippen molar-refractivity contribution in [2.45, 2.75) is 18.8 Å². The van der Waals surface area contributed by atoms with E-state index in [2.05, 4.69) is 0 Å². The van der Waals surface area contributed by atoms with Crippen molar-refractivity contribution in [3.63, 3.8) is 0 Å². The van der Waals surface area contributed by atoms with E-state index in [9.17, 15) is 14.8 Å². The van der Waals surface area contributed by atoms with Gasteiger partial charge < -0.3 is 39.6 Å². The van der Waals surface area contributed by atoms with Crippen LogP contribution in [0.25, 0.3) is 0 Å². The number of carbonyl (C=O) groups is 2. The molecule has 206 valence electrons. The number of rotatable bonds is 10. The molecule has 0 radical (unpaired) electrons. The Kier molecular flexibility index (Phi) is 9.15. The maximum absolute atomic E-state index is 13.3. The molecule has 2 amide bonds. The van der Waals surface area contributed by atoms with E-state index < -0.39 is 16.5 Å². The fourth-order valence-corrected chi connectivity index (χ4v) is 5.27. The van der Waals surface area contributed by atoms with Gasteiger partial charge in [-0.2, -0.15) is 0 Å². The summed E-state index contributed by atoms with van der Waals surface area (Å²) in [6, 6.07) is 12.0. The van der Waals surface area contributed by atoms with Gasteiger partial charge >= 0.3 is 0 Å². The van der Waals surface area contributed by atoms with Crippen LogP contribution in [0, 0.1) is 5.21 Å². The van der Waals surface area contributed by atoms with Gasteiger partial charge in [0.05, 0.1) is 31.3 Å². The number of nitrogens with two attached hydrogens (primary N) is 1. The second-order valence-corrected chi connectivity index (χ2v) is 10.3. The Hall–Kier alpha value is -2.44. The lowest BCUT2D eigenvalue weighted by atomic mass is 10.0. The molecule has 2 aliphatic rings. The molecule has 2 aliphatic heterocycles. The molecular formula is C26H32Cl2N4O6.